The highest BCUT2D eigenvalue weighted by molar-refractivity contribution is 9.10. The minimum atomic E-state index is -0.220. The van der Waals surface area contributed by atoms with E-state index in [-0.39, 0.29) is 11.9 Å². The molecule has 0 amide bonds. The van der Waals surface area contributed by atoms with Crippen LogP contribution in [0.1, 0.15) is 44.7 Å². The summed E-state index contributed by atoms with van der Waals surface area (Å²) in [6, 6.07) is 5.42. The summed E-state index contributed by atoms with van der Waals surface area (Å²) in [6.07, 6.45) is 2.96. The first kappa shape index (κ1) is 15.4. The van der Waals surface area contributed by atoms with E-state index < -0.39 is 0 Å². The summed E-state index contributed by atoms with van der Waals surface area (Å²) in [5.74, 6) is -0.220. The molecule has 0 fully saturated rings. The predicted molar refractivity (Wildman–Crippen MR) is 79.2 cm³/mol. The molecule has 1 rings (SSSR count). The van der Waals surface area contributed by atoms with Crippen molar-refractivity contribution in [3.63, 3.8) is 0 Å². The van der Waals surface area contributed by atoms with Gasteiger partial charge in [0.25, 0.3) is 0 Å². The predicted octanol–water partition coefficient (Wildman–Crippen LogP) is 4.99. The van der Waals surface area contributed by atoms with E-state index in [4.69, 9.17) is 0 Å². The summed E-state index contributed by atoms with van der Waals surface area (Å²) in [4.78, 5) is 0. The van der Waals surface area contributed by atoms with Crippen molar-refractivity contribution < 1.29 is 4.39 Å². The summed E-state index contributed by atoms with van der Waals surface area (Å²) < 4.78 is 13.8. The van der Waals surface area contributed by atoms with E-state index in [1.807, 2.05) is 12.1 Å². The minimum Gasteiger partial charge on any atom is -0.310 e. The van der Waals surface area contributed by atoms with Crippen molar-refractivity contribution in [1.29, 1.82) is 0 Å². The molecule has 0 aromatic heterocycles. The molecule has 18 heavy (non-hydrogen) atoms. The van der Waals surface area contributed by atoms with Crippen LogP contribution in [0.4, 0.5) is 4.39 Å². The average molecular weight is 314 g/mol. The zero-order valence-corrected chi connectivity index (χ0v) is 12.7. The molecule has 0 aliphatic heterocycles. The van der Waals surface area contributed by atoms with E-state index in [1.165, 1.54) is 11.6 Å². The van der Waals surface area contributed by atoms with Gasteiger partial charge in [0.1, 0.15) is 5.82 Å². The molecule has 0 saturated carbocycles. The highest BCUT2D eigenvalue weighted by atomic mass is 79.9. The maximum atomic E-state index is 13.3. The fourth-order valence-electron chi connectivity index (χ4n) is 1.79. The molecule has 0 aliphatic rings. The van der Waals surface area contributed by atoms with Gasteiger partial charge in [0.15, 0.2) is 0 Å². The highest BCUT2D eigenvalue weighted by Gasteiger charge is 2.13. The number of benzene rings is 1. The lowest BCUT2D eigenvalue weighted by atomic mass is 9.98. The molecule has 0 spiro atoms. The fourth-order valence-corrected chi connectivity index (χ4v) is 2.19. The van der Waals surface area contributed by atoms with Crippen molar-refractivity contribution in [1.82, 2.24) is 5.32 Å². The van der Waals surface area contributed by atoms with Crippen LogP contribution in [0.2, 0.25) is 0 Å². The number of hydrogen-bond donors (Lipinski definition) is 1. The topological polar surface area (TPSA) is 12.0 Å². The summed E-state index contributed by atoms with van der Waals surface area (Å²) >= 11 is 3.24. The third kappa shape index (κ3) is 4.54. The molecule has 3 heteroatoms. The van der Waals surface area contributed by atoms with Gasteiger partial charge >= 0.3 is 0 Å². The van der Waals surface area contributed by atoms with Gasteiger partial charge in [-0.05, 0) is 59.4 Å². The largest absolute Gasteiger partial charge is 0.310 e. The zero-order valence-electron chi connectivity index (χ0n) is 11.1. The second kappa shape index (κ2) is 7.70. The molecule has 1 N–H and O–H groups in total. The first-order valence-electron chi connectivity index (χ1n) is 6.43. The van der Waals surface area contributed by atoms with Crippen LogP contribution in [-0.4, -0.2) is 6.54 Å². The van der Waals surface area contributed by atoms with Crippen LogP contribution in [-0.2, 0) is 0 Å². The minimum absolute atomic E-state index is 0.217. The van der Waals surface area contributed by atoms with Gasteiger partial charge in [-0.1, -0.05) is 32.1 Å². The Hall–Kier alpha value is -0.670. The van der Waals surface area contributed by atoms with E-state index in [0.29, 0.717) is 4.47 Å². The van der Waals surface area contributed by atoms with E-state index in [2.05, 4.69) is 41.7 Å². The van der Waals surface area contributed by atoms with Gasteiger partial charge < -0.3 is 5.32 Å². The Morgan fingerprint density at radius 2 is 2.17 bits per heavy atom. The van der Waals surface area contributed by atoms with Crippen LogP contribution in [0, 0.1) is 5.82 Å². The molecular formula is C15H21BrFN. The molecule has 1 unspecified atom stereocenters. The Morgan fingerprint density at radius 3 is 2.72 bits per heavy atom. The van der Waals surface area contributed by atoms with Gasteiger partial charge in [0.05, 0.1) is 4.47 Å². The Kier molecular flexibility index (Phi) is 6.58. The van der Waals surface area contributed by atoms with E-state index >= 15 is 0 Å². The smallest absolute Gasteiger partial charge is 0.137 e. The van der Waals surface area contributed by atoms with Crippen LogP contribution in [0.25, 0.3) is 0 Å². The first-order valence-corrected chi connectivity index (χ1v) is 7.22. The molecule has 0 saturated heterocycles. The molecule has 1 nitrogen and oxygen atoms in total. The van der Waals surface area contributed by atoms with Crippen LogP contribution in [0.3, 0.4) is 0 Å². The Morgan fingerprint density at radius 1 is 1.44 bits per heavy atom. The van der Waals surface area contributed by atoms with Crippen molar-refractivity contribution in [2.45, 2.75) is 39.2 Å². The second-order valence-electron chi connectivity index (χ2n) is 4.49. The fraction of sp³-hybridized carbons (Fsp3) is 0.467. The van der Waals surface area contributed by atoms with Crippen molar-refractivity contribution in [2.75, 3.05) is 6.54 Å². The van der Waals surface area contributed by atoms with Crippen molar-refractivity contribution in [2.24, 2.45) is 0 Å². The van der Waals surface area contributed by atoms with Crippen LogP contribution in [0.5, 0.6) is 0 Å². The monoisotopic (exact) mass is 313 g/mol. The SMILES string of the molecule is C=C(CC)CC(NCCC)c1ccc(F)c(Br)c1. The normalized spacial score (nSPS) is 12.4. The highest BCUT2D eigenvalue weighted by Crippen LogP contribution is 2.26. The number of halogens is 2. The summed E-state index contributed by atoms with van der Waals surface area (Å²) in [5.41, 5.74) is 2.32. The second-order valence-corrected chi connectivity index (χ2v) is 5.34. The molecule has 0 heterocycles. The Labute approximate surface area is 118 Å². The number of nitrogens with one attached hydrogen (secondary N) is 1. The van der Waals surface area contributed by atoms with Gasteiger partial charge in [-0.25, -0.2) is 4.39 Å². The first-order chi connectivity index (χ1) is 8.58. The maximum absolute atomic E-state index is 13.3. The summed E-state index contributed by atoms with van der Waals surface area (Å²) in [6.45, 7) is 9.26. The maximum Gasteiger partial charge on any atom is 0.137 e. The van der Waals surface area contributed by atoms with Crippen molar-refractivity contribution in [3.05, 3.63) is 46.2 Å². The van der Waals surface area contributed by atoms with Gasteiger partial charge in [-0.3, -0.25) is 0 Å². The zero-order chi connectivity index (χ0) is 13.5. The lowest BCUT2D eigenvalue weighted by Gasteiger charge is -2.20. The summed E-state index contributed by atoms with van der Waals surface area (Å²) in [7, 11) is 0. The van der Waals surface area contributed by atoms with Crippen molar-refractivity contribution in [3.8, 4) is 0 Å². The summed E-state index contributed by atoms with van der Waals surface area (Å²) in [5, 5.41) is 3.49. The molecule has 1 aromatic rings. The Bertz CT molecular complexity index is 403. The third-order valence-corrected chi connectivity index (χ3v) is 3.59. The third-order valence-electron chi connectivity index (χ3n) is 2.98. The molecule has 100 valence electrons. The quantitative estimate of drug-likeness (QED) is 0.700. The van der Waals surface area contributed by atoms with E-state index in [0.717, 1.165) is 31.4 Å². The number of rotatable bonds is 7. The molecule has 1 atom stereocenters. The Balaban J connectivity index is 2.86. The van der Waals surface area contributed by atoms with Gasteiger partial charge in [0, 0.05) is 6.04 Å². The van der Waals surface area contributed by atoms with Gasteiger partial charge in [-0.15, -0.1) is 0 Å². The average Bonchev–Trinajstić information content (AvgIpc) is 2.37. The van der Waals surface area contributed by atoms with Crippen molar-refractivity contribution >= 4 is 15.9 Å². The van der Waals surface area contributed by atoms with Crippen LogP contribution >= 0.6 is 15.9 Å². The lowest BCUT2D eigenvalue weighted by molar-refractivity contribution is 0.521. The lowest BCUT2D eigenvalue weighted by Crippen LogP contribution is -2.22. The van der Waals surface area contributed by atoms with E-state index in [9.17, 15) is 4.39 Å². The van der Waals surface area contributed by atoms with Crippen LogP contribution < -0.4 is 5.32 Å². The molecule has 0 aliphatic carbocycles. The van der Waals surface area contributed by atoms with Crippen LogP contribution in [0.15, 0.2) is 34.8 Å². The number of hydrogen-bond acceptors (Lipinski definition) is 1. The van der Waals surface area contributed by atoms with E-state index in [1.54, 1.807) is 0 Å². The molecule has 1 aromatic carbocycles. The standard InChI is InChI=1S/C15H21BrFN/c1-4-8-18-15(9-11(3)5-2)12-6-7-14(17)13(16)10-12/h6-7,10,15,18H,3-5,8-9H2,1-2H3. The van der Waals surface area contributed by atoms with Gasteiger partial charge in [-0.2, -0.15) is 0 Å². The molecule has 0 bridgehead atoms. The molecule has 0 radical (unpaired) electrons. The molecular weight excluding hydrogens is 293 g/mol. The van der Waals surface area contributed by atoms with Gasteiger partial charge in [0.2, 0.25) is 0 Å².